The molecule has 4 heteroatoms. The number of amides is 1. The molecule has 22 heavy (non-hydrogen) atoms. The highest BCUT2D eigenvalue weighted by molar-refractivity contribution is 6.31. The maximum atomic E-state index is 12.1. The van der Waals surface area contributed by atoms with Crippen LogP contribution in [-0.4, -0.2) is 19.0 Å². The van der Waals surface area contributed by atoms with Crippen molar-refractivity contribution in [3.8, 4) is 0 Å². The molecule has 2 aromatic rings. The molecule has 0 bridgehead atoms. The summed E-state index contributed by atoms with van der Waals surface area (Å²) in [4.78, 5) is 14.3. The quantitative estimate of drug-likeness (QED) is 0.850. The van der Waals surface area contributed by atoms with Gasteiger partial charge in [0.15, 0.2) is 0 Å². The van der Waals surface area contributed by atoms with Crippen molar-refractivity contribution in [1.29, 1.82) is 0 Å². The number of rotatable bonds is 6. The molecule has 116 valence electrons. The first-order valence-electron chi connectivity index (χ1n) is 7.46. The Morgan fingerprint density at radius 3 is 2.55 bits per heavy atom. The molecule has 2 aromatic carbocycles. The minimum Gasteiger partial charge on any atom is -0.371 e. The smallest absolute Gasteiger partial charge is 0.226 e. The fourth-order valence-corrected chi connectivity index (χ4v) is 2.42. The van der Waals surface area contributed by atoms with Gasteiger partial charge >= 0.3 is 0 Å². The van der Waals surface area contributed by atoms with Gasteiger partial charge in [-0.15, -0.1) is 0 Å². The number of carbonyl (C=O) groups excluding carboxylic acids is 1. The third kappa shape index (κ3) is 4.50. The largest absolute Gasteiger partial charge is 0.371 e. The molecule has 0 saturated carbocycles. The summed E-state index contributed by atoms with van der Waals surface area (Å²) in [6.45, 7) is 5.58. The van der Waals surface area contributed by atoms with Crippen LogP contribution in [0, 0.1) is 6.92 Å². The predicted octanol–water partition coefficient (Wildman–Crippen LogP) is 4.50. The molecule has 0 aliphatic heterocycles. The molecule has 0 saturated heterocycles. The lowest BCUT2D eigenvalue weighted by Gasteiger charge is -2.22. The van der Waals surface area contributed by atoms with Gasteiger partial charge in [-0.05, 0) is 43.7 Å². The summed E-state index contributed by atoms with van der Waals surface area (Å²) in [5.41, 5.74) is 2.88. The number of hydrogen-bond donors (Lipinski definition) is 1. The molecule has 0 unspecified atom stereocenters. The van der Waals surface area contributed by atoms with E-state index < -0.39 is 0 Å². The number of benzene rings is 2. The second-order valence-corrected chi connectivity index (χ2v) is 5.58. The van der Waals surface area contributed by atoms with Crippen LogP contribution in [0.15, 0.2) is 48.5 Å². The van der Waals surface area contributed by atoms with Gasteiger partial charge in [-0.3, -0.25) is 4.79 Å². The van der Waals surface area contributed by atoms with Gasteiger partial charge in [0.25, 0.3) is 0 Å². The van der Waals surface area contributed by atoms with Crippen LogP contribution >= 0.6 is 11.6 Å². The molecule has 0 radical (unpaired) electrons. The average molecular weight is 317 g/mol. The molecular weight excluding hydrogens is 296 g/mol. The topological polar surface area (TPSA) is 32.3 Å². The van der Waals surface area contributed by atoms with Crippen molar-refractivity contribution in [3.05, 3.63) is 59.1 Å². The lowest BCUT2D eigenvalue weighted by atomic mass is 10.2. The van der Waals surface area contributed by atoms with Crippen molar-refractivity contribution in [1.82, 2.24) is 0 Å². The van der Waals surface area contributed by atoms with Crippen LogP contribution in [0.25, 0.3) is 0 Å². The fourth-order valence-electron chi connectivity index (χ4n) is 2.24. The van der Waals surface area contributed by atoms with Crippen molar-refractivity contribution < 1.29 is 4.79 Å². The summed E-state index contributed by atoms with van der Waals surface area (Å²) in [6, 6.07) is 15.7. The third-order valence-corrected chi connectivity index (χ3v) is 3.97. The molecule has 1 amide bonds. The number of halogens is 1. The summed E-state index contributed by atoms with van der Waals surface area (Å²) in [5.74, 6) is -0.00528. The summed E-state index contributed by atoms with van der Waals surface area (Å²) in [7, 11) is 0. The van der Waals surface area contributed by atoms with E-state index in [9.17, 15) is 4.79 Å². The van der Waals surface area contributed by atoms with Crippen LogP contribution in [0.1, 0.15) is 18.9 Å². The SMILES string of the molecule is CCN(CCC(=O)Nc1ccc(C)c(Cl)c1)c1ccccc1. The Kier molecular flexibility index (Phi) is 5.84. The molecule has 0 aliphatic carbocycles. The number of nitrogens with zero attached hydrogens (tertiary/aromatic N) is 1. The number of para-hydroxylation sites is 1. The van der Waals surface area contributed by atoms with Crippen molar-refractivity contribution in [3.63, 3.8) is 0 Å². The van der Waals surface area contributed by atoms with E-state index in [1.54, 1.807) is 6.07 Å². The number of anilines is 2. The average Bonchev–Trinajstić information content (AvgIpc) is 2.52. The minimum absolute atomic E-state index is 0.00528. The van der Waals surface area contributed by atoms with Crippen LogP contribution in [0.4, 0.5) is 11.4 Å². The van der Waals surface area contributed by atoms with Crippen LogP contribution in [-0.2, 0) is 4.79 Å². The third-order valence-electron chi connectivity index (χ3n) is 3.57. The zero-order valence-corrected chi connectivity index (χ0v) is 13.7. The number of nitrogens with one attached hydrogen (secondary N) is 1. The maximum absolute atomic E-state index is 12.1. The highest BCUT2D eigenvalue weighted by atomic mass is 35.5. The lowest BCUT2D eigenvalue weighted by molar-refractivity contribution is -0.116. The Labute approximate surface area is 136 Å². The second-order valence-electron chi connectivity index (χ2n) is 5.18. The van der Waals surface area contributed by atoms with E-state index in [0.717, 1.165) is 23.5 Å². The number of aryl methyl sites for hydroxylation is 1. The van der Waals surface area contributed by atoms with Gasteiger partial charge in [-0.2, -0.15) is 0 Å². The van der Waals surface area contributed by atoms with E-state index in [-0.39, 0.29) is 5.91 Å². The molecule has 0 spiro atoms. The molecule has 0 fully saturated rings. The normalized spacial score (nSPS) is 10.3. The molecule has 3 nitrogen and oxygen atoms in total. The number of carbonyl (C=O) groups is 1. The van der Waals surface area contributed by atoms with E-state index >= 15 is 0 Å². The monoisotopic (exact) mass is 316 g/mol. The van der Waals surface area contributed by atoms with E-state index in [0.29, 0.717) is 18.0 Å². The molecule has 0 heterocycles. The fraction of sp³-hybridized carbons (Fsp3) is 0.278. The van der Waals surface area contributed by atoms with Gasteiger partial charge < -0.3 is 10.2 Å². The Morgan fingerprint density at radius 1 is 1.18 bits per heavy atom. The van der Waals surface area contributed by atoms with Crippen LogP contribution in [0.3, 0.4) is 0 Å². The van der Waals surface area contributed by atoms with Crippen molar-refractivity contribution in [2.45, 2.75) is 20.3 Å². The zero-order chi connectivity index (χ0) is 15.9. The van der Waals surface area contributed by atoms with E-state index in [4.69, 9.17) is 11.6 Å². The standard InChI is InChI=1S/C18H21ClN2O/c1-3-21(16-7-5-4-6-8-16)12-11-18(22)20-15-10-9-14(2)17(19)13-15/h4-10,13H,3,11-12H2,1-2H3,(H,20,22). The van der Waals surface area contributed by atoms with Gasteiger partial charge in [0.05, 0.1) is 0 Å². The molecule has 0 atom stereocenters. The van der Waals surface area contributed by atoms with Crippen LogP contribution < -0.4 is 10.2 Å². The summed E-state index contributed by atoms with van der Waals surface area (Å²) in [5, 5.41) is 3.55. The first-order chi connectivity index (χ1) is 10.6. The van der Waals surface area contributed by atoms with Gasteiger partial charge in [0, 0.05) is 35.9 Å². The van der Waals surface area contributed by atoms with Crippen molar-refractivity contribution in [2.75, 3.05) is 23.3 Å². The zero-order valence-electron chi connectivity index (χ0n) is 13.0. The highest BCUT2D eigenvalue weighted by Crippen LogP contribution is 2.20. The van der Waals surface area contributed by atoms with E-state index in [2.05, 4.69) is 29.3 Å². The minimum atomic E-state index is -0.00528. The Hall–Kier alpha value is -2.00. The van der Waals surface area contributed by atoms with Gasteiger partial charge in [0.1, 0.15) is 0 Å². The van der Waals surface area contributed by atoms with Gasteiger partial charge in [0.2, 0.25) is 5.91 Å². The molecule has 2 rings (SSSR count). The van der Waals surface area contributed by atoms with Crippen LogP contribution in [0.5, 0.6) is 0 Å². The van der Waals surface area contributed by atoms with Gasteiger partial charge in [-0.1, -0.05) is 35.9 Å². The lowest BCUT2D eigenvalue weighted by Crippen LogP contribution is -2.27. The Bertz CT molecular complexity index is 628. The van der Waals surface area contributed by atoms with Crippen LogP contribution in [0.2, 0.25) is 5.02 Å². The first-order valence-corrected chi connectivity index (χ1v) is 7.84. The van der Waals surface area contributed by atoms with Crippen molar-refractivity contribution in [2.24, 2.45) is 0 Å². The number of hydrogen-bond acceptors (Lipinski definition) is 2. The molecule has 0 aliphatic rings. The van der Waals surface area contributed by atoms with E-state index in [1.807, 2.05) is 37.3 Å². The molecular formula is C18H21ClN2O. The molecule has 1 N–H and O–H groups in total. The predicted molar refractivity (Wildman–Crippen MR) is 93.8 cm³/mol. The molecule has 0 aromatic heterocycles. The Balaban J connectivity index is 1.90. The highest BCUT2D eigenvalue weighted by Gasteiger charge is 2.08. The second kappa shape index (κ2) is 7.85. The summed E-state index contributed by atoms with van der Waals surface area (Å²) < 4.78 is 0. The van der Waals surface area contributed by atoms with E-state index in [1.165, 1.54) is 0 Å². The summed E-state index contributed by atoms with van der Waals surface area (Å²) in [6.07, 6.45) is 0.439. The summed E-state index contributed by atoms with van der Waals surface area (Å²) >= 11 is 6.07. The maximum Gasteiger partial charge on any atom is 0.226 e. The Morgan fingerprint density at radius 2 is 1.91 bits per heavy atom. The first kappa shape index (κ1) is 16.4. The van der Waals surface area contributed by atoms with Crippen molar-refractivity contribution >= 4 is 28.9 Å². The van der Waals surface area contributed by atoms with Gasteiger partial charge in [-0.25, -0.2) is 0 Å².